The fourth-order valence-corrected chi connectivity index (χ4v) is 4.40. The van der Waals surface area contributed by atoms with E-state index in [1.165, 1.54) is 11.8 Å². The Morgan fingerprint density at radius 3 is 2.48 bits per heavy atom. The van der Waals surface area contributed by atoms with E-state index >= 15 is 0 Å². The van der Waals surface area contributed by atoms with Crippen molar-refractivity contribution in [1.82, 2.24) is 15.2 Å². The summed E-state index contributed by atoms with van der Waals surface area (Å²) in [6.45, 7) is 6.50. The van der Waals surface area contributed by atoms with Gasteiger partial charge in [-0.15, -0.1) is 5.10 Å². The van der Waals surface area contributed by atoms with Crippen LogP contribution >= 0.6 is 0 Å². The van der Waals surface area contributed by atoms with Crippen LogP contribution in [-0.4, -0.2) is 41.1 Å². The lowest BCUT2D eigenvalue weighted by atomic mass is 9.87. The summed E-state index contributed by atoms with van der Waals surface area (Å²) in [5, 5.41) is 14.1. The van der Waals surface area contributed by atoms with Crippen LogP contribution in [0.2, 0.25) is 0 Å². The van der Waals surface area contributed by atoms with E-state index in [-0.39, 0.29) is 23.0 Å². The number of benzene rings is 1. The predicted octanol–water partition coefficient (Wildman–Crippen LogP) is 2.51. The van der Waals surface area contributed by atoms with Crippen molar-refractivity contribution in [3.63, 3.8) is 0 Å². The van der Waals surface area contributed by atoms with Gasteiger partial charge in [0.15, 0.2) is 15.7 Å². The van der Waals surface area contributed by atoms with E-state index in [1.807, 2.05) is 12.1 Å². The van der Waals surface area contributed by atoms with Gasteiger partial charge < -0.3 is 10.6 Å². The summed E-state index contributed by atoms with van der Waals surface area (Å²) in [7, 11) is -2.93. The van der Waals surface area contributed by atoms with Gasteiger partial charge in [-0.3, -0.25) is 0 Å². The summed E-state index contributed by atoms with van der Waals surface area (Å²) < 4.78 is 23.1. The van der Waals surface area contributed by atoms with E-state index in [4.69, 9.17) is 0 Å². The maximum atomic E-state index is 11.5. The molecule has 0 radical (unpaired) electrons. The largest absolute Gasteiger partial charge is 0.365 e. The molecule has 25 heavy (non-hydrogen) atoms. The Bertz CT molecular complexity index is 844. The predicted molar refractivity (Wildman–Crippen MR) is 98.9 cm³/mol. The van der Waals surface area contributed by atoms with Gasteiger partial charge in [0.25, 0.3) is 0 Å². The molecule has 8 heteroatoms. The number of anilines is 3. The first kappa shape index (κ1) is 17.6. The van der Waals surface area contributed by atoms with Crippen molar-refractivity contribution < 1.29 is 8.42 Å². The molecule has 1 aliphatic heterocycles. The van der Waals surface area contributed by atoms with Gasteiger partial charge in [-0.25, -0.2) is 8.42 Å². The second kappa shape index (κ2) is 6.59. The zero-order valence-corrected chi connectivity index (χ0v) is 15.5. The molecule has 1 aliphatic rings. The first-order chi connectivity index (χ1) is 11.7. The molecule has 3 rings (SSSR count). The minimum absolute atomic E-state index is 0.0992. The van der Waals surface area contributed by atoms with Crippen LogP contribution < -0.4 is 10.6 Å². The van der Waals surface area contributed by atoms with Crippen molar-refractivity contribution >= 4 is 27.3 Å². The first-order valence-electron chi connectivity index (χ1n) is 8.25. The van der Waals surface area contributed by atoms with E-state index in [1.54, 1.807) is 0 Å². The Morgan fingerprint density at radius 2 is 1.88 bits per heavy atom. The van der Waals surface area contributed by atoms with Crippen LogP contribution in [0.3, 0.4) is 0 Å². The molecule has 1 atom stereocenters. The number of nitrogens with one attached hydrogen (secondary N) is 2. The summed E-state index contributed by atoms with van der Waals surface area (Å²) in [4.78, 5) is 4.36. The van der Waals surface area contributed by atoms with Crippen molar-refractivity contribution in [2.45, 2.75) is 38.6 Å². The van der Waals surface area contributed by atoms with Crippen LogP contribution in [0.15, 0.2) is 30.5 Å². The smallest absolute Gasteiger partial charge is 0.249 e. The Morgan fingerprint density at radius 1 is 1.16 bits per heavy atom. The monoisotopic (exact) mass is 361 g/mol. The van der Waals surface area contributed by atoms with Gasteiger partial charge in [0.05, 0.1) is 17.7 Å². The van der Waals surface area contributed by atoms with Crippen LogP contribution in [0.25, 0.3) is 0 Å². The Hall–Kier alpha value is -2.22. The lowest BCUT2D eigenvalue weighted by Crippen LogP contribution is -2.21. The molecule has 0 amide bonds. The molecule has 2 aromatic rings. The van der Waals surface area contributed by atoms with Crippen LogP contribution in [0.5, 0.6) is 0 Å². The van der Waals surface area contributed by atoms with Crippen LogP contribution in [0, 0.1) is 0 Å². The molecule has 1 unspecified atom stereocenters. The number of hydrogen-bond acceptors (Lipinski definition) is 7. The summed E-state index contributed by atoms with van der Waals surface area (Å²) in [6.07, 6.45) is 2.09. The van der Waals surface area contributed by atoms with Gasteiger partial charge in [0, 0.05) is 11.7 Å². The zero-order chi connectivity index (χ0) is 18.1. The molecule has 2 N–H and O–H groups in total. The Balaban J connectivity index is 1.67. The third-order valence-corrected chi connectivity index (χ3v) is 5.92. The highest BCUT2D eigenvalue weighted by Gasteiger charge is 2.28. The molecule has 1 aromatic heterocycles. The first-order valence-corrected chi connectivity index (χ1v) is 10.1. The quantitative estimate of drug-likeness (QED) is 0.863. The molecule has 0 spiro atoms. The molecular weight excluding hydrogens is 338 g/mol. The summed E-state index contributed by atoms with van der Waals surface area (Å²) >= 11 is 0. The second-order valence-corrected chi connectivity index (χ2v) is 9.59. The highest BCUT2D eigenvalue weighted by Crippen LogP contribution is 2.24. The van der Waals surface area contributed by atoms with Crippen molar-refractivity contribution in [2.24, 2.45) is 0 Å². The van der Waals surface area contributed by atoms with Gasteiger partial charge >= 0.3 is 0 Å². The normalized spacial score (nSPS) is 19.6. The molecule has 7 nitrogen and oxygen atoms in total. The minimum Gasteiger partial charge on any atom is -0.365 e. The second-order valence-electron chi connectivity index (χ2n) is 7.36. The Kier molecular flexibility index (Phi) is 4.64. The number of sulfone groups is 1. The molecule has 0 saturated carbocycles. The standard InChI is InChI=1S/C17H23N5O2S/c1-17(2,3)12-4-6-13(7-5-12)20-16-21-15(10-18-22-16)19-14-8-9-25(23,24)11-14/h4-7,10,14H,8-9,11H2,1-3H3,(H2,19,20,21,22). The maximum Gasteiger partial charge on any atom is 0.249 e. The average Bonchev–Trinajstić information content (AvgIpc) is 2.86. The number of aromatic nitrogens is 3. The molecule has 0 bridgehead atoms. The Labute approximate surface area is 148 Å². The van der Waals surface area contributed by atoms with Gasteiger partial charge in [-0.05, 0) is 29.5 Å². The summed E-state index contributed by atoms with van der Waals surface area (Å²) in [6, 6.07) is 7.98. The lowest BCUT2D eigenvalue weighted by molar-refractivity contribution is 0.590. The minimum atomic E-state index is -2.93. The van der Waals surface area contributed by atoms with Crippen molar-refractivity contribution in [2.75, 3.05) is 22.1 Å². The highest BCUT2D eigenvalue weighted by atomic mass is 32.2. The van der Waals surface area contributed by atoms with E-state index in [2.05, 4.69) is 58.7 Å². The molecule has 1 saturated heterocycles. The fourth-order valence-electron chi connectivity index (χ4n) is 2.73. The van der Waals surface area contributed by atoms with Crippen molar-refractivity contribution in [3.05, 3.63) is 36.0 Å². The summed E-state index contributed by atoms with van der Waals surface area (Å²) in [5.74, 6) is 1.24. The number of hydrogen-bond donors (Lipinski definition) is 2. The molecule has 0 aliphatic carbocycles. The molecule has 2 heterocycles. The van der Waals surface area contributed by atoms with Crippen molar-refractivity contribution in [3.8, 4) is 0 Å². The maximum absolute atomic E-state index is 11.5. The zero-order valence-electron chi connectivity index (χ0n) is 14.7. The van der Waals surface area contributed by atoms with E-state index in [9.17, 15) is 8.42 Å². The van der Waals surface area contributed by atoms with E-state index in [0.29, 0.717) is 18.2 Å². The summed E-state index contributed by atoms with van der Waals surface area (Å²) in [5.41, 5.74) is 2.22. The van der Waals surface area contributed by atoms with Crippen LogP contribution in [0.1, 0.15) is 32.8 Å². The molecule has 1 aromatic carbocycles. The van der Waals surface area contributed by atoms with E-state index < -0.39 is 9.84 Å². The number of rotatable bonds is 4. The van der Waals surface area contributed by atoms with Gasteiger partial charge in [-0.2, -0.15) is 10.1 Å². The molecular formula is C17H23N5O2S. The van der Waals surface area contributed by atoms with E-state index in [0.717, 1.165) is 5.69 Å². The number of nitrogens with zero attached hydrogens (tertiary/aromatic N) is 3. The van der Waals surface area contributed by atoms with Crippen molar-refractivity contribution in [1.29, 1.82) is 0 Å². The molecule has 1 fully saturated rings. The SMILES string of the molecule is CC(C)(C)c1ccc(Nc2nncc(NC3CCS(=O)(=O)C3)n2)cc1. The third kappa shape index (κ3) is 4.66. The highest BCUT2D eigenvalue weighted by molar-refractivity contribution is 7.91. The fraction of sp³-hybridized carbons (Fsp3) is 0.471. The van der Waals surface area contributed by atoms with Gasteiger partial charge in [0.2, 0.25) is 5.95 Å². The third-order valence-electron chi connectivity index (χ3n) is 4.15. The van der Waals surface area contributed by atoms with Gasteiger partial charge in [-0.1, -0.05) is 32.9 Å². The van der Waals surface area contributed by atoms with Crippen LogP contribution in [-0.2, 0) is 15.3 Å². The lowest BCUT2D eigenvalue weighted by Gasteiger charge is -2.19. The topological polar surface area (TPSA) is 96.9 Å². The average molecular weight is 361 g/mol. The molecule has 134 valence electrons. The van der Waals surface area contributed by atoms with Gasteiger partial charge in [0.1, 0.15) is 0 Å². The van der Waals surface area contributed by atoms with Crippen LogP contribution in [0.4, 0.5) is 17.5 Å².